The maximum absolute atomic E-state index is 12.0. The molecule has 2 rings (SSSR count). The van der Waals surface area contributed by atoms with E-state index in [9.17, 15) is 13.2 Å². The second-order valence-corrected chi connectivity index (χ2v) is 4.81. The highest BCUT2D eigenvalue weighted by molar-refractivity contribution is 5.83. The van der Waals surface area contributed by atoms with E-state index >= 15 is 0 Å². The van der Waals surface area contributed by atoms with E-state index in [2.05, 4.69) is 5.16 Å². The molecular formula is C15H18F3NO4. The third-order valence-electron chi connectivity index (χ3n) is 2.95. The summed E-state index contributed by atoms with van der Waals surface area (Å²) in [5.41, 5.74) is 0.654. The molecule has 5 nitrogen and oxygen atoms in total. The van der Waals surface area contributed by atoms with Gasteiger partial charge in [0.2, 0.25) is 0 Å². The molecule has 0 aromatic heterocycles. The summed E-state index contributed by atoms with van der Waals surface area (Å²) in [5.74, 6) is 0.564. The molecule has 1 aromatic carbocycles. The van der Waals surface area contributed by atoms with Gasteiger partial charge in [0.15, 0.2) is 6.29 Å². The topological polar surface area (TPSA) is 49.3 Å². The van der Waals surface area contributed by atoms with Crippen molar-refractivity contribution in [3.05, 3.63) is 29.8 Å². The number of nitrogens with zero attached hydrogens (tertiary/aromatic N) is 1. The average molecular weight is 333 g/mol. The molecule has 1 aromatic rings. The quantitative estimate of drug-likeness (QED) is 0.417. The number of halogens is 3. The van der Waals surface area contributed by atoms with E-state index in [1.54, 1.807) is 24.3 Å². The Bertz CT molecular complexity index is 502. The minimum absolute atomic E-state index is 0.0945. The highest BCUT2D eigenvalue weighted by Gasteiger charge is 2.26. The Kier molecular flexibility index (Phi) is 6.66. The first-order valence-electron chi connectivity index (χ1n) is 7.22. The molecule has 0 spiro atoms. The highest BCUT2D eigenvalue weighted by atomic mass is 19.4. The van der Waals surface area contributed by atoms with Gasteiger partial charge in [0.25, 0.3) is 0 Å². The summed E-state index contributed by atoms with van der Waals surface area (Å²) in [6.45, 7) is 1.24. The Morgan fingerprint density at radius 3 is 2.70 bits per heavy atom. The molecule has 1 saturated heterocycles. The third-order valence-corrected chi connectivity index (χ3v) is 2.95. The second kappa shape index (κ2) is 8.73. The monoisotopic (exact) mass is 333 g/mol. The van der Waals surface area contributed by atoms with Gasteiger partial charge in [-0.3, -0.25) is 0 Å². The molecule has 0 saturated carbocycles. The van der Waals surface area contributed by atoms with Crippen LogP contribution in [0.15, 0.2) is 29.4 Å². The lowest BCUT2D eigenvalue weighted by Gasteiger charge is -2.12. The number of ether oxygens (including phenoxy) is 3. The van der Waals surface area contributed by atoms with Crippen molar-refractivity contribution in [2.45, 2.75) is 25.3 Å². The van der Waals surface area contributed by atoms with Crippen LogP contribution in [-0.4, -0.2) is 45.1 Å². The van der Waals surface area contributed by atoms with Crippen molar-refractivity contribution in [2.75, 3.05) is 26.4 Å². The van der Waals surface area contributed by atoms with Crippen molar-refractivity contribution < 1.29 is 32.2 Å². The molecule has 0 radical (unpaired) electrons. The predicted molar refractivity (Wildman–Crippen MR) is 76.5 cm³/mol. The standard InChI is InChI=1S/C15H18F3NO4/c16-15(17,18)6-3-7-23-19-10-12-4-1-2-5-13(12)22-11-14-20-8-9-21-14/h1-2,4-5,10,14H,3,6-9,11H2/b19-10-. The molecule has 1 aliphatic heterocycles. The fraction of sp³-hybridized carbons (Fsp3) is 0.533. The summed E-state index contributed by atoms with van der Waals surface area (Å²) < 4.78 is 52.0. The first-order chi connectivity index (χ1) is 11.0. The number of hydrogen-bond acceptors (Lipinski definition) is 5. The summed E-state index contributed by atoms with van der Waals surface area (Å²) in [6, 6.07) is 7.10. The van der Waals surface area contributed by atoms with Crippen LogP contribution in [0.1, 0.15) is 18.4 Å². The first-order valence-corrected chi connectivity index (χ1v) is 7.22. The van der Waals surface area contributed by atoms with Gasteiger partial charge in [-0.2, -0.15) is 13.2 Å². The van der Waals surface area contributed by atoms with Crippen molar-refractivity contribution in [2.24, 2.45) is 5.16 Å². The van der Waals surface area contributed by atoms with E-state index in [1.165, 1.54) is 6.21 Å². The Morgan fingerprint density at radius 2 is 1.96 bits per heavy atom. The van der Waals surface area contributed by atoms with Gasteiger partial charge in [0.05, 0.1) is 19.4 Å². The number of benzene rings is 1. The number of rotatable bonds is 8. The average Bonchev–Trinajstić information content (AvgIpc) is 3.02. The third kappa shape index (κ3) is 6.87. The molecule has 0 unspecified atom stereocenters. The van der Waals surface area contributed by atoms with Crippen molar-refractivity contribution in [3.8, 4) is 5.75 Å². The zero-order chi connectivity index (χ0) is 16.5. The Morgan fingerprint density at radius 1 is 1.22 bits per heavy atom. The molecule has 0 aliphatic carbocycles. The number of oxime groups is 1. The van der Waals surface area contributed by atoms with Crippen LogP contribution in [0, 0.1) is 0 Å². The largest absolute Gasteiger partial charge is 0.488 e. The van der Waals surface area contributed by atoms with E-state index in [-0.39, 0.29) is 19.6 Å². The molecule has 0 amide bonds. The number of alkyl halides is 3. The van der Waals surface area contributed by atoms with Gasteiger partial charge in [0.1, 0.15) is 19.0 Å². The molecule has 1 heterocycles. The number of para-hydroxylation sites is 1. The van der Waals surface area contributed by atoms with Crippen molar-refractivity contribution >= 4 is 6.21 Å². The van der Waals surface area contributed by atoms with Crippen LogP contribution >= 0.6 is 0 Å². The van der Waals surface area contributed by atoms with Gasteiger partial charge in [0, 0.05) is 12.0 Å². The van der Waals surface area contributed by atoms with Crippen LogP contribution in [0.4, 0.5) is 13.2 Å². The lowest BCUT2D eigenvalue weighted by atomic mass is 10.2. The maximum Gasteiger partial charge on any atom is 0.389 e. The SMILES string of the molecule is FC(F)(F)CCCO/N=C\c1ccccc1OCC1OCCO1. The Balaban J connectivity index is 1.76. The van der Waals surface area contributed by atoms with E-state index < -0.39 is 18.9 Å². The van der Waals surface area contributed by atoms with Gasteiger partial charge < -0.3 is 19.0 Å². The maximum atomic E-state index is 12.0. The van der Waals surface area contributed by atoms with Crippen LogP contribution in [-0.2, 0) is 14.3 Å². The fourth-order valence-corrected chi connectivity index (χ4v) is 1.86. The Labute approximate surface area is 132 Å². The van der Waals surface area contributed by atoms with Gasteiger partial charge in [-0.05, 0) is 18.6 Å². The lowest BCUT2D eigenvalue weighted by Crippen LogP contribution is -2.18. The molecule has 1 aliphatic rings. The smallest absolute Gasteiger partial charge is 0.389 e. The van der Waals surface area contributed by atoms with E-state index in [4.69, 9.17) is 19.0 Å². The van der Waals surface area contributed by atoms with Gasteiger partial charge in [-0.25, -0.2) is 0 Å². The normalized spacial score (nSPS) is 16.1. The van der Waals surface area contributed by atoms with Crippen molar-refractivity contribution in [1.29, 1.82) is 0 Å². The molecule has 0 atom stereocenters. The van der Waals surface area contributed by atoms with Gasteiger partial charge in [-0.1, -0.05) is 17.3 Å². The number of hydrogen-bond donors (Lipinski definition) is 0. The first kappa shape index (κ1) is 17.6. The van der Waals surface area contributed by atoms with E-state index in [0.717, 1.165) is 0 Å². The summed E-state index contributed by atoms with van der Waals surface area (Å²) in [5, 5.41) is 3.67. The molecule has 8 heteroatoms. The molecule has 0 N–H and O–H groups in total. The minimum Gasteiger partial charge on any atom is -0.488 e. The highest BCUT2D eigenvalue weighted by Crippen LogP contribution is 2.21. The minimum atomic E-state index is -4.17. The lowest BCUT2D eigenvalue weighted by molar-refractivity contribution is -0.137. The molecular weight excluding hydrogens is 315 g/mol. The van der Waals surface area contributed by atoms with Gasteiger partial charge in [-0.15, -0.1) is 0 Å². The zero-order valence-corrected chi connectivity index (χ0v) is 12.4. The summed E-state index contributed by atoms with van der Waals surface area (Å²) in [7, 11) is 0. The van der Waals surface area contributed by atoms with Crippen LogP contribution in [0.3, 0.4) is 0 Å². The van der Waals surface area contributed by atoms with Gasteiger partial charge >= 0.3 is 6.18 Å². The second-order valence-electron chi connectivity index (χ2n) is 4.81. The summed E-state index contributed by atoms with van der Waals surface area (Å²) in [6.07, 6.45) is -4.17. The molecule has 23 heavy (non-hydrogen) atoms. The van der Waals surface area contributed by atoms with Crippen LogP contribution < -0.4 is 4.74 Å². The molecule has 128 valence electrons. The van der Waals surface area contributed by atoms with Crippen molar-refractivity contribution in [1.82, 2.24) is 0 Å². The fourth-order valence-electron chi connectivity index (χ4n) is 1.86. The summed E-state index contributed by atoms with van der Waals surface area (Å²) in [4.78, 5) is 4.83. The van der Waals surface area contributed by atoms with Crippen LogP contribution in [0.25, 0.3) is 0 Å². The molecule has 0 bridgehead atoms. The predicted octanol–water partition coefficient (Wildman–Crippen LogP) is 3.13. The molecule has 1 fully saturated rings. The van der Waals surface area contributed by atoms with Crippen LogP contribution in [0.5, 0.6) is 5.75 Å². The van der Waals surface area contributed by atoms with Crippen molar-refractivity contribution in [3.63, 3.8) is 0 Å². The van der Waals surface area contributed by atoms with E-state index in [0.29, 0.717) is 24.5 Å². The Hall–Kier alpha value is -1.80. The van der Waals surface area contributed by atoms with E-state index in [1.807, 2.05) is 0 Å². The van der Waals surface area contributed by atoms with Crippen LogP contribution in [0.2, 0.25) is 0 Å². The zero-order valence-electron chi connectivity index (χ0n) is 12.4. The summed E-state index contributed by atoms with van der Waals surface area (Å²) >= 11 is 0.